The van der Waals surface area contributed by atoms with Crippen LogP contribution in [0.5, 0.6) is 0 Å². The van der Waals surface area contributed by atoms with Gasteiger partial charge in [-0.05, 0) is 12.1 Å². The zero-order valence-electron chi connectivity index (χ0n) is 5.40. The molecule has 10 heavy (non-hydrogen) atoms. The van der Waals surface area contributed by atoms with Gasteiger partial charge >= 0.3 is 0 Å². The van der Waals surface area contributed by atoms with E-state index >= 15 is 0 Å². The second kappa shape index (κ2) is 3.29. The summed E-state index contributed by atoms with van der Waals surface area (Å²) < 4.78 is 0. The van der Waals surface area contributed by atoms with Gasteiger partial charge in [0.15, 0.2) is 0 Å². The minimum Gasteiger partial charge on any atom is -0.384 e. The van der Waals surface area contributed by atoms with E-state index in [1.54, 1.807) is 24.4 Å². The molecule has 1 aromatic heterocycles. The third kappa shape index (κ3) is 1.52. The highest BCUT2D eigenvalue weighted by Gasteiger charge is 2.05. The first-order valence-corrected chi connectivity index (χ1v) is 3.01. The molecule has 0 saturated heterocycles. The number of hydrogen-bond acceptors (Lipinski definition) is 2. The Morgan fingerprint density at radius 2 is 2.40 bits per heavy atom. The van der Waals surface area contributed by atoms with Crippen LogP contribution in [0, 0.1) is 0 Å². The normalized spacial score (nSPS) is 13.0. The first-order valence-electron chi connectivity index (χ1n) is 3.01. The summed E-state index contributed by atoms with van der Waals surface area (Å²) in [5.74, 6) is 0. The van der Waals surface area contributed by atoms with E-state index in [4.69, 9.17) is 5.11 Å². The molecule has 0 aliphatic heterocycles. The van der Waals surface area contributed by atoms with Crippen LogP contribution in [-0.2, 0) is 5.11 Å². The number of hydrogen-bond donors (Lipinski definition) is 1. The van der Waals surface area contributed by atoms with Crippen molar-refractivity contribution in [2.45, 2.75) is 6.10 Å². The van der Waals surface area contributed by atoms with Crippen molar-refractivity contribution in [2.24, 2.45) is 0 Å². The predicted octanol–water partition coefficient (Wildman–Crippen LogP) is 0.545. The van der Waals surface area contributed by atoms with Gasteiger partial charge in [-0.1, -0.05) is 6.07 Å². The minimum atomic E-state index is -0.957. The van der Waals surface area contributed by atoms with Crippen molar-refractivity contribution in [3.8, 4) is 0 Å². The van der Waals surface area contributed by atoms with Crippen molar-refractivity contribution >= 4 is 0 Å². The summed E-state index contributed by atoms with van der Waals surface area (Å²) in [4.78, 5) is 3.80. The first kappa shape index (κ1) is 7.18. The molecule has 0 saturated carbocycles. The van der Waals surface area contributed by atoms with Crippen LogP contribution >= 0.6 is 0 Å². The third-order valence-corrected chi connectivity index (χ3v) is 1.19. The van der Waals surface area contributed by atoms with E-state index in [1.165, 1.54) is 0 Å². The maximum Gasteiger partial charge on any atom is 0.122 e. The van der Waals surface area contributed by atoms with Gasteiger partial charge in [-0.2, -0.15) is 0 Å². The standard InChI is InChI=1S/C7H8NO2/c9-5-7(10)6-3-1-2-4-8-6/h1-4,7,10H,5H2. The largest absolute Gasteiger partial charge is 0.384 e. The van der Waals surface area contributed by atoms with Crippen LogP contribution in [-0.4, -0.2) is 16.7 Å². The Hall–Kier alpha value is -0.930. The van der Waals surface area contributed by atoms with E-state index in [0.29, 0.717) is 5.69 Å². The van der Waals surface area contributed by atoms with E-state index in [9.17, 15) is 5.11 Å². The lowest BCUT2D eigenvalue weighted by molar-refractivity contribution is 0.0523. The molecule has 0 fully saturated rings. The quantitative estimate of drug-likeness (QED) is 0.648. The number of aromatic nitrogens is 1. The SMILES string of the molecule is [O]CC(O)c1ccccn1. The molecule has 0 aliphatic carbocycles. The van der Waals surface area contributed by atoms with Crippen molar-refractivity contribution < 1.29 is 10.2 Å². The maximum atomic E-state index is 10.1. The Morgan fingerprint density at radius 1 is 1.60 bits per heavy atom. The fourth-order valence-corrected chi connectivity index (χ4v) is 0.658. The molecular formula is C7H8NO2. The van der Waals surface area contributed by atoms with Gasteiger partial charge in [-0.3, -0.25) is 4.98 Å². The summed E-state index contributed by atoms with van der Waals surface area (Å²) in [6.07, 6.45) is 0.593. The summed E-state index contributed by atoms with van der Waals surface area (Å²) in [5, 5.41) is 19.1. The summed E-state index contributed by atoms with van der Waals surface area (Å²) in [6, 6.07) is 5.10. The van der Waals surface area contributed by atoms with Gasteiger partial charge in [0.2, 0.25) is 0 Å². The molecule has 3 nitrogen and oxygen atoms in total. The van der Waals surface area contributed by atoms with Gasteiger partial charge in [0.05, 0.1) is 5.69 Å². The lowest BCUT2D eigenvalue weighted by Crippen LogP contribution is -2.02. The van der Waals surface area contributed by atoms with Crippen LogP contribution in [0.15, 0.2) is 24.4 Å². The lowest BCUT2D eigenvalue weighted by atomic mass is 10.2. The van der Waals surface area contributed by atoms with Crippen molar-refractivity contribution in [3.05, 3.63) is 30.1 Å². The van der Waals surface area contributed by atoms with E-state index in [2.05, 4.69) is 4.98 Å². The smallest absolute Gasteiger partial charge is 0.122 e. The van der Waals surface area contributed by atoms with Gasteiger partial charge in [0, 0.05) is 6.20 Å². The molecule has 1 aromatic rings. The van der Waals surface area contributed by atoms with Crippen molar-refractivity contribution in [1.29, 1.82) is 0 Å². The molecule has 0 amide bonds. The Labute approximate surface area is 59.0 Å². The van der Waals surface area contributed by atoms with E-state index in [1.807, 2.05) is 0 Å². The monoisotopic (exact) mass is 138 g/mol. The number of nitrogens with zero attached hydrogens (tertiary/aromatic N) is 1. The average molecular weight is 138 g/mol. The van der Waals surface area contributed by atoms with Gasteiger partial charge in [0.1, 0.15) is 12.7 Å². The van der Waals surface area contributed by atoms with Crippen LogP contribution in [0.3, 0.4) is 0 Å². The fraction of sp³-hybridized carbons (Fsp3) is 0.286. The highest BCUT2D eigenvalue weighted by Crippen LogP contribution is 2.06. The highest BCUT2D eigenvalue weighted by molar-refractivity contribution is 5.06. The lowest BCUT2D eigenvalue weighted by Gasteiger charge is -2.02. The zero-order chi connectivity index (χ0) is 7.40. The molecule has 0 aromatic carbocycles. The van der Waals surface area contributed by atoms with E-state index in [0.717, 1.165) is 0 Å². The van der Waals surface area contributed by atoms with Crippen LogP contribution in [0.4, 0.5) is 0 Å². The zero-order valence-corrected chi connectivity index (χ0v) is 5.40. The van der Waals surface area contributed by atoms with E-state index in [-0.39, 0.29) is 0 Å². The van der Waals surface area contributed by atoms with Crippen LogP contribution in [0.25, 0.3) is 0 Å². The molecule has 1 radical (unpaired) electrons. The van der Waals surface area contributed by atoms with Gasteiger partial charge in [-0.25, -0.2) is 5.11 Å². The molecule has 0 bridgehead atoms. The second-order valence-corrected chi connectivity index (χ2v) is 1.94. The molecule has 0 aliphatic rings. The molecular weight excluding hydrogens is 130 g/mol. The summed E-state index contributed by atoms with van der Waals surface area (Å²) >= 11 is 0. The Bertz CT molecular complexity index is 188. The van der Waals surface area contributed by atoms with Crippen LogP contribution in [0.1, 0.15) is 11.8 Å². The van der Waals surface area contributed by atoms with Gasteiger partial charge in [0.25, 0.3) is 0 Å². The number of rotatable bonds is 2. The minimum absolute atomic E-state index is 0.442. The van der Waals surface area contributed by atoms with Crippen LogP contribution < -0.4 is 0 Å². The topological polar surface area (TPSA) is 53.0 Å². The molecule has 3 heteroatoms. The predicted molar refractivity (Wildman–Crippen MR) is 34.8 cm³/mol. The molecule has 53 valence electrons. The highest BCUT2D eigenvalue weighted by atomic mass is 16.3. The molecule has 1 unspecified atom stereocenters. The molecule has 1 atom stereocenters. The number of aliphatic hydroxyl groups excluding tert-OH is 1. The number of aliphatic hydroxyl groups is 1. The molecule has 1 heterocycles. The average Bonchev–Trinajstić information content (AvgIpc) is 2.05. The molecule has 1 N–H and O–H groups in total. The van der Waals surface area contributed by atoms with Gasteiger partial charge in [-0.15, -0.1) is 0 Å². The Balaban J connectivity index is 2.75. The first-order chi connectivity index (χ1) is 4.84. The second-order valence-electron chi connectivity index (χ2n) is 1.94. The van der Waals surface area contributed by atoms with Crippen molar-refractivity contribution in [1.82, 2.24) is 4.98 Å². The van der Waals surface area contributed by atoms with Gasteiger partial charge < -0.3 is 5.11 Å². The number of pyridine rings is 1. The fourth-order valence-electron chi connectivity index (χ4n) is 0.658. The van der Waals surface area contributed by atoms with Crippen molar-refractivity contribution in [3.63, 3.8) is 0 Å². The molecule has 1 rings (SSSR count). The van der Waals surface area contributed by atoms with E-state index < -0.39 is 12.7 Å². The Morgan fingerprint density at radius 3 is 2.90 bits per heavy atom. The summed E-state index contributed by atoms with van der Waals surface area (Å²) in [7, 11) is 0. The summed E-state index contributed by atoms with van der Waals surface area (Å²) in [6.45, 7) is -0.531. The summed E-state index contributed by atoms with van der Waals surface area (Å²) in [5.41, 5.74) is 0.442. The van der Waals surface area contributed by atoms with Crippen LogP contribution in [0.2, 0.25) is 0 Å². The third-order valence-electron chi connectivity index (χ3n) is 1.19. The maximum absolute atomic E-state index is 10.1. The Kier molecular flexibility index (Phi) is 2.36. The molecule has 0 spiro atoms. The van der Waals surface area contributed by atoms with Crippen molar-refractivity contribution in [2.75, 3.05) is 6.61 Å².